The quantitative estimate of drug-likeness (QED) is 0.841. The SMILES string of the molecule is CC1(C(=O)O)CCCCN1S(=O)(=O)CCCC(F)(F)F. The normalized spacial score (nSPS) is 25.6. The van der Waals surface area contributed by atoms with E-state index in [0.29, 0.717) is 12.8 Å². The lowest BCUT2D eigenvalue weighted by atomic mass is 9.91. The summed E-state index contributed by atoms with van der Waals surface area (Å²) in [6.07, 6.45) is -4.89. The van der Waals surface area contributed by atoms with Crippen LogP contribution in [0.4, 0.5) is 13.2 Å². The van der Waals surface area contributed by atoms with Gasteiger partial charge in [-0.25, -0.2) is 8.42 Å². The minimum absolute atomic E-state index is 0.0388. The van der Waals surface area contributed by atoms with E-state index in [9.17, 15) is 31.5 Å². The monoisotopic (exact) mass is 317 g/mol. The molecule has 118 valence electrons. The van der Waals surface area contributed by atoms with Crippen LogP contribution in [0.3, 0.4) is 0 Å². The number of hydrogen-bond acceptors (Lipinski definition) is 3. The van der Waals surface area contributed by atoms with Crippen LogP contribution in [0.2, 0.25) is 0 Å². The molecule has 0 aliphatic carbocycles. The van der Waals surface area contributed by atoms with Gasteiger partial charge in [0, 0.05) is 13.0 Å². The van der Waals surface area contributed by atoms with Gasteiger partial charge in [-0.05, 0) is 32.6 Å². The molecule has 0 radical (unpaired) electrons. The predicted molar refractivity (Wildman–Crippen MR) is 65.7 cm³/mol. The molecule has 1 heterocycles. The van der Waals surface area contributed by atoms with E-state index in [4.69, 9.17) is 0 Å². The van der Waals surface area contributed by atoms with Gasteiger partial charge in [-0.2, -0.15) is 17.5 Å². The highest BCUT2D eigenvalue weighted by Gasteiger charge is 2.47. The average Bonchev–Trinajstić information content (AvgIpc) is 2.26. The third-order valence-corrected chi connectivity index (χ3v) is 5.55. The van der Waals surface area contributed by atoms with Crippen molar-refractivity contribution in [3.63, 3.8) is 0 Å². The average molecular weight is 317 g/mol. The molecule has 1 aliphatic rings. The Bertz CT molecular complexity index is 463. The topological polar surface area (TPSA) is 74.7 Å². The lowest BCUT2D eigenvalue weighted by Gasteiger charge is -2.40. The van der Waals surface area contributed by atoms with Crippen molar-refractivity contribution in [3.05, 3.63) is 0 Å². The van der Waals surface area contributed by atoms with Crippen molar-refractivity contribution in [2.45, 2.75) is 50.7 Å². The molecule has 1 N–H and O–H groups in total. The van der Waals surface area contributed by atoms with E-state index in [-0.39, 0.29) is 13.0 Å². The van der Waals surface area contributed by atoms with Gasteiger partial charge in [0.05, 0.1) is 5.75 Å². The number of piperidine rings is 1. The Hall–Kier alpha value is -0.830. The predicted octanol–water partition coefficient (Wildman–Crippen LogP) is 1.99. The minimum Gasteiger partial charge on any atom is -0.480 e. The van der Waals surface area contributed by atoms with Gasteiger partial charge in [0.15, 0.2) is 0 Å². The van der Waals surface area contributed by atoms with Crippen LogP contribution in [0.15, 0.2) is 0 Å². The third kappa shape index (κ3) is 4.08. The second-order valence-electron chi connectivity index (χ2n) is 5.14. The van der Waals surface area contributed by atoms with E-state index < -0.39 is 46.3 Å². The first-order valence-electron chi connectivity index (χ1n) is 6.30. The van der Waals surface area contributed by atoms with Crippen LogP contribution in [0.25, 0.3) is 0 Å². The molecule has 1 atom stereocenters. The number of rotatable bonds is 5. The Labute approximate surface area is 115 Å². The van der Waals surface area contributed by atoms with Gasteiger partial charge in [-0.15, -0.1) is 0 Å². The molecular formula is C11H18F3NO4S. The summed E-state index contributed by atoms with van der Waals surface area (Å²) in [4.78, 5) is 11.3. The molecule has 1 saturated heterocycles. The zero-order valence-corrected chi connectivity index (χ0v) is 11.9. The van der Waals surface area contributed by atoms with Crippen molar-refractivity contribution in [1.29, 1.82) is 0 Å². The van der Waals surface area contributed by atoms with E-state index in [1.54, 1.807) is 0 Å². The second kappa shape index (κ2) is 5.88. The smallest absolute Gasteiger partial charge is 0.389 e. The number of halogens is 3. The maximum absolute atomic E-state index is 12.1. The molecule has 0 aromatic carbocycles. The molecule has 9 heteroatoms. The summed E-state index contributed by atoms with van der Waals surface area (Å²) < 4.78 is 61.2. The maximum atomic E-state index is 12.1. The fourth-order valence-corrected chi connectivity index (χ4v) is 4.24. The summed E-state index contributed by atoms with van der Waals surface area (Å²) >= 11 is 0. The number of alkyl halides is 3. The van der Waals surface area contributed by atoms with Crippen LogP contribution < -0.4 is 0 Å². The first-order valence-corrected chi connectivity index (χ1v) is 7.91. The molecule has 1 rings (SSSR count). The first-order chi connectivity index (χ1) is 8.99. The van der Waals surface area contributed by atoms with Crippen LogP contribution in [-0.2, 0) is 14.8 Å². The van der Waals surface area contributed by atoms with Crippen LogP contribution >= 0.6 is 0 Å². The van der Waals surface area contributed by atoms with Crippen molar-refractivity contribution in [2.24, 2.45) is 0 Å². The molecule has 5 nitrogen and oxygen atoms in total. The molecule has 0 aromatic heterocycles. The van der Waals surface area contributed by atoms with Crippen molar-refractivity contribution in [1.82, 2.24) is 4.31 Å². The van der Waals surface area contributed by atoms with Gasteiger partial charge in [0.25, 0.3) is 0 Å². The minimum atomic E-state index is -4.41. The van der Waals surface area contributed by atoms with Crippen molar-refractivity contribution >= 4 is 16.0 Å². The third-order valence-electron chi connectivity index (χ3n) is 3.48. The summed E-state index contributed by atoms with van der Waals surface area (Å²) in [7, 11) is -4.01. The van der Waals surface area contributed by atoms with Crippen molar-refractivity contribution in [2.75, 3.05) is 12.3 Å². The number of carboxylic acids is 1. The van der Waals surface area contributed by atoms with Crippen LogP contribution in [0.5, 0.6) is 0 Å². The number of hydrogen-bond donors (Lipinski definition) is 1. The molecule has 20 heavy (non-hydrogen) atoms. The standard InChI is InChI=1S/C11H18F3NO4S/c1-10(9(16)17)5-2-3-7-15(10)20(18,19)8-4-6-11(12,13)14/h2-8H2,1H3,(H,16,17). The molecule has 0 saturated carbocycles. The molecule has 1 unspecified atom stereocenters. The molecule has 0 bridgehead atoms. The van der Waals surface area contributed by atoms with E-state index in [1.165, 1.54) is 6.92 Å². The first kappa shape index (κ1) is 17.2. The van der Waals surface area contributed by atoms with Gasteiger partial charge >= 0.3 is 12.1 Å². The number of carbonyl (C=O) groups is 1. The molecule has 0 amide bonds. The number of nitrogens with zero attached hydrogens (tertiary/aromatic N) is 1. The Balaban J connectivity index is 2.81. The summed E-state index contributed by atoms with van der Waals surface area (Å²) in [5.74, 6) is -1.95. The maximum Gasteiger partial charge on any atom is 0.389 e. The fourth-order valence-electron chi connectivity index (χ4n) is 2.32. The highest BCUT2D eigenvalue weighted by atomic mass is 32.2. The Morgan fingerprint density at radius 2 is 1.95 bits per heavy atom. The summed E-state index contributed by atoms with van der Waals surface area (Å²) in [5, 5.41) is 9.20. The van der Waals surface area contributed by atoms with Gasteiger partial charge in [0.2, 0.25) is 10.0 Å². The van der Waals surface area contributed by atoms with Crippen LogP contribution in [0, 0.1) is 0 Å². The fraction of sp³-hybridized carbons (Fsp3) is 0.909. The van der Waals surface area contributed by atoms with E-state index in [0.717, 1.165) is 4.31 Å². The molecule has 0 spiro atoms. The summed E-state index contributed by atoms with van der Waals surface area (Å²) in [5.41, 5.74) is -1.56. The molecule has 1 fully saturated rings. The Morgan fingerprint density at radius 1 is 1.35 bits per heavy atom. The van der Waals surface area contributed by atoms with E-state index in [2.05, 4.69) is 0 Å². The second-order valence-corrected chi connectivity index (χ2v) is 7.16. The number of aliphatic carboxylic acids is 1. The highest BCUT2D eigenvalue weighted by molar-refractivity contribution is 7.89. The molecule has 1 aliphatic heterocycles. The van der Waals surface area contributed by atoms with Gasteiger partial charge in [0.1, 0.15) is 5.54 Å². The molecular weight excluding hydrogens is 299 g/mol. The van der Waals surface area contributed by atoms with Gasteiger partial charge in [-0.1, -0.05) is 0 Å². The Kier molecular flexibility index (Phi) is 5.07. The highest BCUT2D eigenvalue weighted by Crippen LogP contribution is 2.32. The van der Waals surface area contributed by atoms with Crippen molar-refractivity contribution < 1.29 is 31.5 Å². The van der Waals surface area contributed by atoms with Crippen LogP contribution in [-0.4, -0.2) is 47.8 Å². The Morgan fingerprint density at radius 3 is 2.45 bits per heavy atom. The van der Waals surface area contributed by atoms with Crippen molar-refractivity contribution in [3.8, 4) is 0 Å². The zero-order chi connectivity index (χ0) is 15.6. The van der Waals surface area contributed by atoms with Gasteiger partial charge < -0.3 is 5.11 Å². The number of carboxylic acid groups (broad SMARTS) is 1. The zero-order valence-electron chi connectivity index (χ0n) is 11.1. The lowest BCUT2D eigenvalue weighted by Crippen LogP contribution is -2.57. The lowest BCUT2D eigenvalue weighted by molar-refractivity contribution is -0.149. The van der Waals surface area contributed by atoms with Crippen LogP contribution in [0.1, 0.15) is 39.0 Å². The largest absolute Gasteiger partial charge is 0.480 e. The van der Waals surface area contributed by atoms with E-state index in [1.807, 2.05) is 0 Å². The van der Waals surface area contributed by atoms with E-state index >= 15 is 0 Å². The summed E-state index contributed by atoms with van der Waals surface area (Å²) in [6, 6.07) is 0. The van der Waals surface area contributed by atoms with Gasteiger partial charge in [-0.3, -0.25) is 4.79 Å². The molecule has 0 aromatic rings. The summed E-state index contributed by atoms with van der Waals surface area (Å²) in [6.45, 7) is 1.34. The number of sulfonamides is 1.